The van der Waals surface area contributed by atoms with E-state index in [0.717, 1.165) is 0 Å². The predicted octanol–water partition coefficient (Wildman–Crippen LogP) is 1.05. The lowest BCUT2D eigenvalue weighted by molar-refractivity contribution is 0.0691. The summed E-state index contributed by atoms with van der Waals surface area (Å²) in [5.74, 6) is 1.35. The highest BCUT2D eigenvalue weighted by Crippen LogP contribution is 2.09. The first-order chi connectivity index (χ1) is 8.56. The van der Waals surface area contributed by atoms with Gasteiger partial charge >= 0.3 is 12.0 Å². The molecule has 0 aliphatic carbocycles. The first-order valence-corrected chi connectivity index (χ1v) is 6.13. The Morgan fingerprint density at radius 1 is 1.67 bits per heavy atom. The highest BCUT2D eigenvalue weighted by molar-refractivity contribution is 7.09. The van der Waals surface area contributed by atoms with Crippen LogP contribution in [0.4, 0.5) is 4.79 Å². The number of amides is 2. The molecule has 1 unspecified atom stereocenters. The van der Waals surface area contributed by atoms with Gasteiger partial charge in [0.25, 0.3) is 0 Å². The Morgan fingerprint density at radius 2 is 2.39 bits per heavy atom. The largest absolute Gasteiger partial charge is 0.476 e. The fraction of sp³-hybridized carbons (Fsp3) is 0.364. The molecule has 0 bridgehead atoms. The minimum absolute atomic E-state index is 0.0210. The van der Waals surface area contributed by atoms with Gasteiger partial charge in [0.2, 0.25) is 0 Å². The maximum Gasteiger partial charge on any atom is 0.355 e. The van der Waals surface area contributed by atoms with Gasteiger partial charge in [0.1, 0.15) is 5.01 Å². The van der Waals surface area contributed by atoms with E-state index in [9.17, 15) is 9.59 Å². The van der Waals surface area contributed by atoms with Crippen LogP contribution in [-0.2, 0) is 6.54 Å². The van der Waals surface area contributed by atoms with Crippen molar-refractivity contribution >= 4 is 23.3 Å². The van der Waals surface area contributed by atoms with E-state index in [0.29, 0.717) is 11.4 Å². The molecule has 1 aromatic rings. The zero-order valence-corrected chi connectivity index (χ0v) is 10.6. The van der Waals surface area contributed by atoms with E-state index < -0.39 is 12.0 Å². The summed E-state index contributed by atoms with van der Waals surface area (Å²) in [7, 11) is 0. The summed E-state index contributed by atoms with van der Waals surface area (Å²) in [6.07, 6.45) is 5.85. The third kappa shape index (κ3) is 4.07. The Hall–Kier alpha value is -2.07. The van der Waals surface area contributed by atoms with Gasteiger partial charge in [0, 0.05) is 5.38 Å². The predicted molar refractivity (Wildman–Crippen MR) is 67.4 cm³/mol. The molecule has 1 aromatic heterocycles. The van der Waals surface area contributed by atoms with Crippen molar-refractivity contribution in [3.63, 3.8) is 0 Å². The summed E-state index contributed by atoms with van der Waals surface area (Å²) in [5.41, 5.74) is -0.0210. The van der Waals surface area contributed by atoms with Gasteiger partial charge in [-0.15, -0.1) is 17.8 Å². The van der Waals surface area contributed by atoms with Gasteiger partial charge in [-0.25, -0.2) is 14.6 Å². The second-order valence-corrected chi connectivity index (χ2v) is 4.33. The number of carbonyl (C=O) groups is 2. The second-order valence-electron chi connectivity index (χ2n) is 3.39. The molecule has 0 aromatic carbocycles. The fourth-order valence-corrected chi connectivity index (χ4v) is 1.82. The minimum Gasteiger partial charge on any atom is -0.476 e. The molecular weight excluding hydrogens is 254 g/mol. The molecule has 7 heteroatoms. The van der Waals surface area contributed by atoms with Gasteiger partial charge in [-0.1, -0.05) is 12.8 Å². The number of hydrogen-bond donors (Lipinski definition) is 3. The van der Waals surface area contributed by atoms with E-state index in [2.05, 4.69) is 21.5 Å². The lowest BCUT2D eigenvalue weighted by Crippen LogP contribution is -2.40. The second kappa shape index (κ2) is 6.61. The maximum atomic E-state index is 11.4. The van der Waals surface area contributed by atoms with Crippen molar-refractivity contribution in [3.8, 4) is 12.3 Å². The summed E-state index contributed by atoms with van der Waals surface area (Å²) in [5, 5.41) is 15.8. The zero-order valence-electron chi connectivity index (χ0n) is 9.77. The number of nitrogens with one attached hydrogen (secondary N) is 2. The first-order valence-electron chi connectivity index (χ1n) is 5.25. The molecule has 0 saturated carbocycles. The standard InChI is InChI=1S/C11H13N3O3S/c1-3-7(4-2)13-11(17)12-5-9-14-8(6-18-9)10(15)16/h1,6-7H,4-5H2,2H3,(H,15,16)(H2,12,13,17). The molecule has 0 aliphatic heterocycles. The number of thiazole rings is 1. The molecule has 1 heterocycles. The van der Waals surface area contributed by atoms with Crippen LogP contribution in [-0.4, -0.2) is 28.1 Å². The van der Waals surface area contributed by atoms with E-state index in [1.165, 1.54) is 16.7 Å². The van der Waals surface area contributed by atoms with Crippen LogP contribution in [0, 0.1) is 12.3 Å². The smallest absolute Gasteiger partial charge is 0.355 e. The average molecular weight is 267 g/mol. The summed E-state index contributed by atoms with van der Waals surface area (Å²) in [4.78, 5) is 25.9. The molecule has 0 fully saturated rings. The van der Waals surface area contributed by atoms with Crippen molar-refractivity contribution in [2.75, 3.05) is 0 Å². The summed E-state index contributed by atoms with van der Waals surface area (Å²) >= 11 is 1.18. The van der Waals surface area contributed by atoms with E-state index in [4.69, 9.17) is 11.5 Å². The molecule has 0 aliphatic rings. The molecule has 0 spiro atoms. The third-order valence-electron chi connectivity index (χ3n) is 2.09. The lowest BCUT2D eigenvalue weighted by atomic mass is 10.2. The maximum absolute atomic E-state index is 11.4. The molecule has 0 radical (unpaired) electrons. The van der Waals surface area contributed by atoms with Crippen LogP contribution in [0.15, 0.2) is 5.38 Å². The summed E-state index contributed by atoms with van der Waals surface area (Å²) < 4.78 is 0. The van der Waals surface area contributed by atoms with Gasteiger partial charge in [-0.2, -0.15) is 0 Å². The molecule has 0 saturated heterocycles. The van der Waals surface area contributed by atoms with E-state index in [1.54, 1.807) is 0 Å². The fourth-order valence-electron chi connectivity index (χ4n) is 1.12. The zero-order chi connectivity index (χ0) is 13.5. The number of urea groups is 1. The third-order valence-corrected chi connectivity index (χ3v) is 2.93. The number of aromatic nitrogens is 1. The Morgan fingerprint density at radius 3 is 2.89 bits per heavy atom. The van der Waals surface area contributed by atoms with Crippen molar-refractivity contribution in [2.24, 2.45) is 0 Å². The molecular formula is C11H13N3O3S. The Bertz CT molecular complexity index is 478. The van der Waals surface area contributed by atoms with Crippen molar-refractivity contribution < 1.29 is 14.7 Å². The average Bonchev–Trinajstić information content (AvgIpc) is 2.82. The van der Waals surface area contributed by atoms with Gasteiger partial charge in [-0.05, 0) is 6.42 Å². The van der Waals surface area contributed by atoms with Crippen LogP contribution in [0.2, 0.25) is 0 Å². The Balaban J connectivity index is 2.42. The molecule has 2 amide bonds. The molecule has 1 atom stereocenters. The Kier molecular flexibility index (Phi) is 5.14. The molecule has 96 valence electrons. The normalized spacial score (nSPS) is 11.3. The number of carbonyl (C=O) groups excluding carboxylic acids is 1. The number of hydrogen-bond acceptors (Lipinski definition) is 4. The molecule has 6 nitrogen and oxygen atoms in total. The number of nitrogens with zero attached hydrogens (tertiary/aromatic N) is 1. The molecule has 1 rings (SSSR count). The van der Waals surface area contributed by atoms with Crippen LogP contribution in [0.1, 0.15) is 28.8 Å². The van der Waals surface area contributed by atoms with Crippen molar-refractivity contribution in [3.05, 3.63) is 16.1 Å². The van der Waals surface area contributed by atoms with E-state index in [1.807, 2.05) is 6.92 Å². The highest BCUT2D eigenvalue weighted by atomic mass is 32.1. The molecule has 3 N–H and O–H groups in total. The number of carboxylic acid groups (broad SMARTS) is 1. The minimum atomic E-state index is -1.08. The molecule has 18 heavy (non-hydrogen) atoms. The van der Waals surface area contributed by atoms with Crippen molar-refractivity contribution in [1.82, 2.24) is 15.6 Å². The Labute approximate surface area is 108 Å². The van der Waals surface area contributed by atoms with Crippen LogP contribution in [0.25, 0.3) is 0 Å². The van der Waals surface area contributed by atoms with Gasteiger partial charge < -0.3 is 15.7 Å². The SMILES string of the molecule is C#CC(CC)NC(=O)NCc1nc(C(=O)O)cs1. The van der Waals surface area contributed by atoms with Crippen LogP contribution in [0.3, 0.4) is 0 Å². The number of aromatic carboxylic acids is 1. The first kappa shape index (κ1) is 14.0. The van der Waals surface area contributed by atoms with E-state index >= 15 is 0 Å². The van der Waals surface area contributed by atoms with Gasteiger partial charge in [-0.3, -0.25) is 0 Å². The topological polar surface area (TPSA) is 91.3 Å². The van der Waals surface area contributed by atoms with Crippen LogP contribution in [0.5, 0.6) is 0 Å². The quantitative estimate of drug-likeness (QED) is 0.695. The number of rotatable bonds is 5. The van der Waals surface area contributed by atoms with Crippen molar-refractivity contribution in [1.29, 1.82) is 0 Å². The van der Waals surface area contributed by atoms with E-state index in [-0.39, 0.29) is 18.3 Å². The van der Waals surface area contributed by atoms with Crippen LogP contribution >= 0.6 is 11.3 Å². The monoisotopic (exact) mass is 267 g/mol. The summed E-state index contributed by atoms with van der Waals surface area (Å²) in [6, 6.07) is -0.706. The number of terminal acetylenes is 1. The van der Waals surface area contributed by atoms with Gasteiger partial charge in [0.05, 0.1) is 12.6 Å². The van der Waals surface area contributed by atoms with Crippen molar-refractivity contribution in [2.45, 2.75) is 25.9 Å². The van der Waals surface area contributed by atoms with Crippen LogP contribution < -0.4 is 10.6 Å². The highest BCUT2D eigenvalue weighted by Gasteiger charge is 2.10. The van der Waals surface area contributed by atoms with Gasteiger partial charge in [0.15, 0.2) is 5.69 Å². The number of carboxylic acids is 1. The lowest BCUT2D eigenvalue weighted by Gasteiger charge is -2.10. The summed E-state index contributed by atoms with van der Waals surface area (Å²) in [6.45, 7) is 2.04.